The SMILES string of the molecule is CCN(CC)Cc1ccccc1CNC(=O)C1(S(C)(=O)=O)CCNCC1. The third-order valence-electron chi connectivity index (χ3n) is 5.38. The van der Waals surface area contributed by atoms with E-state index < -0.39 is 14.6 Å². The van der Waals surface area contributed by atoms with E-state index in [0.29, 0.717) is 32.5 Å². The lowest BCUT2D eigenvalue weighted by molar-refractivity contribution is -0.124. The molecule has 0 aliphatic carbocycles. The van der Waals surface area contributed by atoms with Crippen LogP contribution in [0.2, 0.25) is 0 Å². The fourth-order valence-electron chi connectivity index (χ4n) is 3.51. The number of piperidine rings is 1. The monoisotopic (exact) mass is 381 g/mol. The topological polar surface area (TPSA) is 78.5 Å². The second-order valence-electron chi connectivity index (χ2n) is 6.93. The molecule has 1 amide bonds. The Hall–Kier alpha value is -1.44. The summed E-state index contributed by atoms with van der Waals surface area (Å²) in [4.78, 5) is 15.2. The quantitative estimate of drug-likeness (QED) is 0.710. The first-order valence-corrected chi connectivity index (χ1v) is 11.2. The van der Waals surface area contributed by atoms with E-state index in [0.717, 1.165) is 30.8 Å². The highest BCUT2D eigenvalue weighted by Crippen LogP contribution is 2.28. The molecule has 0 saturated carbocycles. The van der Waals surface area contributed by atoms with E-state index in [4.69, 9.17) is 0 Å². The number of amides is 1. The van der Waals surface area contributed by atoms with Crippen LogP contribution in [-0.4, -0.2) is 56.4 Å². The maximum Gasteiger partial charge on any atom is 0.241 e. The Kier molecular flexibility index (Phi) is 7.20. The van der Waals surface area contributed by atoms with E-state index in [1.165, 1.54) is 6.26 Å². The number of hydrogen-bond donors (Lipinski definition) is 2. The van der Waals surface area contributed by atoms with Crippen LogP contribution in [0.1, 0.15) is 37.8 Å². The number of benzene rings is 1. The van der Waals surface area contributed by atoms with Gasteiger partial charge in [0.2, 0.25) is 5.91 Å². The highest BCUT2D eigenvalue weighted by molar-refractivity contribution is 7.92. The summed E-state index contributed by atoms with van der Waals surface area (Å²) in [5, 5.41) is 6.04. The lowest BCUT2D eigenvalue weighted by Crippen LogP contribution is -2.57. The van der Waals surface area contributed by atoms with Gasteiger partial charge in [0.05, 0.1) is 0 Å². The molecule has 7 heteroatoms. The van der Waals surface area contributed by atoms with Crippen LogP contribution < -0.4 is 10.6 Å². The molecule has 2 rings (SSSR count). The maximum atomic E-state index is 12.9. The third-order valence-corrected chi connectivity index (χ3v) is 7.39. The minimum atomic E-state index is -3.49. The molecule has 1 aliphatic heterocycles. The lowest BCUT2D eigenvalue weighted by Gasteiger charge is -2.34. The number of sulfone groups is 1. The van der Waals surface area contributed by atoms with Crippen LogP contribution in [0.4, 0.5) is 0 Å². The fourth-order valence-corrected chi connectivity index (χ4v) is 4.86. The summed E-state index contributed by atoms with van der Waals surface area (Å²) >= 11 is 0. The smallest absolute Gasteiger partial charge is 0.241 e. The van der Waals surface area contributed by atoms with Crippen LogP contribution >= 0.6 is 0 Å². The molecular weight excluding hydrogens is 350 g/mol. The highest BCUT2D eigenvalue weighted by Gasteiger charge is 2.48. The predicted molar refractivity (Wildman–Crippen MR) is 105 cm³/mol. The molecule has 146 valence electrons. The molecule has 26 heavy (non-hydrogen) atoms. The number of nitrogens with zero attached hydrogens (tertiary/aromatic N) is 1. The molecule has 0 spiro atoms. The Balaban J connectivity index is 2.14. The highest BCUT2D eigenvalue weighted by atomic mass is 32.2. The van der Waals surface area contributed by atoms with Crippen molar-refractivity contribution in [1.82, 2.24) is 15.5 Å². The van der Waals surface area contributed by atoms with E-state index in [9.17, 15) is 13.2 Å². The summed E-state index contributed by atoms with van der Waals surface area (Å²) in [6.45, 7) is 8.42. The first-order valence-electron chi connectivity index (χ1n) is 9.31. The van der Waals surface area contributed by atoms with Crippen molar-refractivity contribution in [2.75, 3.05) is 32.4 Å². The van der Waals surface area contributed by atoms with Gasteiger partial charge in [-0.1, -0.05) is 38.1 Å². The largest absolute Gasteiger partial charge is 0.351 e. The Morgan fingerprint density at radius 1 is 1.15 bits per heavy atom. The summed E-state index contributed by atoms with van der Waals surface area (Å²) in [6.07, 6.45) is 1.81. The van der Waals surface area contributed by atoms with Gasteiger partial charge in [-0.15, -0.1) is 0 Å². The Morgan fingerprint density at radius 3 is 2.27 bits per heavy atom. The first-order chi connectivity index (χ1) is 12.3. The van der Waals surface area contributed by atoms with Gasteiger partial charge in [-0.05, 0) is 50.1 Å². The second-order valence-corrected chi connectivity index (χ2v) is 9.26. The molecule has 1 aliphatic rings. The Labute approximate surface area is 157 Å². The summed E-state index contributed by atoms with van der Waals surface area (Å²) in [5.74, 6) is -0.376. The van der Waals surface area contributed by atoms with Gasteiger partial charge in [0.1, 0.15) is 0 Å². The van der Waals surface area contributed by atoms with E-state index in [-0.39, 0.29) is 5.91 Å². The summed E-state index contributed by atoms with van der Waals surface area (Å²) in [5.41, 5.74) is 2.19. The fraction of sp³-hybridized carbons (Fsp3) is 0.632. The van der Waals surface area contributed by atoms with E-state index in [2.05, 4.69) is 35.4 Å². The second kappa shape index (κ2) is 8.97. The zero-order valence-electron chi connectivity index (χ0n) is 16.0. The molecule has 6 nitrogen and oxygen atoms in total. The van der Waals surface area contributed by atoms with Crippen molar-refractivity contribution in [2.24, 2.45) is 0 Å². The normalized spacial score (nSPS) is 17.2. The number of carbonyl (C=O) groups excluding carboxylic acids is 1. The van der Waals surface area contributed by atoms with Crippen molar-refractivity contribution in [1.29, 1.82) is 0 Å². The number of hydrogen-bond acceptors (Lipinski definition) is 5. The van der Waals surface area contributed by atoms with Gasteiger partial charge in [-0.3, -0.25) is 9.69 Å². The lowest BCUT2D eigenvalue weighted by atomic mass is 9.95. The van der Waals surface area contributed by atoms with Crippen LogP contribution in [0.15, 0.2) is 24.3 Å². The maximum absolute atomic E-state index is 12.9. The van der Waals surface area contributed by atoms with Gasteiger partial charge in [-0.2, -0.15) is 0 Å². The minimum absolute atomic E-state index is 0.318. The van der Waals surface area contributed by atoms with Gasteiger partial charge in [0.15, 0.2) is 14.6 Å². The molecular formula is C19H31N3O3S. The average Bonchev–Trinajstić information content (AvgIpc) is 2.64. The van der Waals surface area contributed by atoms with Crippen molar-refractivity contribution in [2.45, 2.75) is 44.5 Å². The van der Waals surface area contributed by atoms with Crippen molar-refractivity contribution in [3.8, 4) is 0 Å². The van der Waals surface area contributed by atoms with Gasteiger partial charge in [0.25, 0.3) is 0 Å². The summed E-state index contributed by atoms with van der Waals surface area (Å²) < 4.78 is 23.4. The number of carbonyl (C=O) groups is 1. The molecule has 0 aromatic heterocycles. The molecule has 0 atom stereocenters. The molecule has 0 bridgehead atoms. The Morgan fingerprint density at radius 2 is 1.73 bits per heavy atom. The van der Waals surface area contributed by atoms with Crippen LogP contribution in [0.5, 0.6) is 0 Å². The van der Waals surface area contributed by atoms with Crippen molar-refractivity contribution < 1.29 is 13.2 Å². The van der Waals surface area contributed by atoms with E-state index in [1.807, 2.05) is 18.2 Å². The number of nitrogens with one attached hydrogen (secondary N) is 2. The van der Waals surface area contributed by atoms with E-state index in [1.54, 1.807) is 0 Å². The minimum Gasteiger partial charge on any atom is -0.351 e. The van der Waals surface area contributed by atoms with Gasteiger partial charge >= 0.3 is 0 Å². The van der Waals surface area contributed by atoms with Gasteiger partial charge < -0.3 is 10.6 Å². The van der Waals surface area contributed by atoms with Crippen molar-refractivity contribution >= 4 is 15.7 Å². The molecule has 1 saturated heterocycles. The van der Waals surface area contributed by atoms with Gasteiger partial charge in [0, 0.05) is 19.3 Å². The van der Waals surface area contributed by atoms with Crippen LogP contribution in [0.25, 0.3) is 0 Å². The standard InChI is InChI=1S/C19H31N3O3S/c1-4-22(5-2)15-17-9-7-6-8-16(17)14-21-18(23)19(26(3,24)25)10-12-20-13-11-19/h6-9,20H,4-5,10-15H2,1-3H3,(H,21,23). The molecule has 1 aromatic rings. The Bertz CT molecular complexity index is 708. The summed E-state index contributed by atoms with van der Waals surface area (Å²) in [7, 11) is -3.49. The van der Waals surface area contributed by atoms with Gasteiger partial charge in [-0.25, -0.2) is 8.42 Å². The van der Waals surface area contributed by atoms with Crippen LogP contribution in [0.3, 0.4) is 0 Å². The first kappa shape index (κ1) is 20.9. The zero-order chi connectivity index (χ0) is 19.2. The third kappa shape index (κ3) is 4.64. The molecule has 1 fully saturated rings. The molecule has 1 aromatic carbocycles. The van der Waals surface area contributed by atoms with E-state index >= 15 is 0 Å². The molecule has 2 N–H and O–H groups in total. The number of rotatable bonds is 8. The molecule has 1 heterocycles. The van der Waals surface area contributed by atoms with Crippen LogP contribution in [0, 0.1) is 0 Å². The predicted octanol–water partition coefficient (Wildman–Crippen LogP) is 1.31. The average molecular weight is 382 g/mol. The zero-order valence-corrected chi connectivity index (χ0v) is 16.9. The van der Waals surface area contributed by atoms with Crippen molar-refractivity contribution in [3.63, 3.8) is 0 Å². The molecule has 0 radical (unpaired) electrons. The summed E-state index contributed by atoms with van der Waals surface area (Å²) in [6, 6.07) is 8.00. The van der Waals surface area contributed by atoms with Crippen molar-refractivity contribution in [3.05, 3.63) is 35.4 Å². The van der Waals surface area contributed by atoms with Crippen LogP contribution in [-0.2, 0) is 27.7 Å². The molecule has 0 unspecified atom stereocenters.